The van der Waals surface area contributed by atoms with Crippen molar-refractivity contribution in [1.29, 1.82) is 0 Å². The molecule has 0 nitrogen and oxygen atoms in total. The molecule has 0 saturated carbocycles. The number of hydrogen-bond donors (Lipinski definition) is 0. The van der Waals surface area contributed by atoms with Gasteiger partial charge < -0.3 is 0 Å². The third-order valence-corrected chi connectivity index (χ3v) is 2.81. The van der Waals surface area contributed by atoms with Crippen LogP contribution in [0.5, 0.6) is 0 Å². The van der Waals surface area contributed by atoms with Gasteiger partial charge in [-0.3, -0.25) is 0 Å². The van der Waals surface area contributed by atoms with E-state index in [1.54, 1.807) is 0 Å². The van der Waals surface area contributed by atoms with Gasteiger partial charge in [-0.15, -0.1) is 0 Å². The van der Waals surface area contributed by atoms with Crippen LogP contribution < -0.4 is 0 Å². The van der Waals surface area contributed by atoms with E-state index in [0.717, 1.165) is 0 Å². The Bertz CT molecular complexity index is 197. The average Bonchev–Trinajstić information content (AvgIpc) is 2.07. The maximum absolute atomic E-state index is 2.20. The van der Waals surface area contributed by atoms with E-state index in [2.05, 4.69) is 34.6 Å². The van der Waals surface area contributed by atoms with Crippen molar-refractivity contribution in [2.24, 2.45) is 0 Å². The number of hydrogen-bond acceptors (Lipinski definition) is 0. The first kappa shape index (κ1) is 11.4. The second-order valence-corrected chi connectivity index (χ2v) is 3.12. The molecule has 1 aliphatic rings. The molecule has 0 unspecified atom stereocenters. The van der Waals surface area contributed by atoms with Gasteiger partial charge in [-0.2, -0.15) is 0 Å². The fourth-order valence-corrected chi connectivity index (χ4v) is 1.41. The molecule has 1 rings (SSSR count). The summed E-state index contributed by atoms with van der Waals surface area (Å²) >= 11 is 0. The molecule has 61 valence electrons. The molecule has 0 saturated heterocycles. The van der Waals surface area contributed by atoms with Gasteiger partial charge in [0.1, 0.15) is 0 Å². The summed E-state index contributed by atoms with van der Waals surface area (Å²) in [5.41, 5.74) is 5.87. The van der Waals surface area contributed by atoms with Crippen molar-refractivity contribution in [3.05, 3.63) is 28.2 Å². The molecular weight excluding hydrogens is 235 g/mol. The summed E-state index contributed by atoms with van der Waals surface area (Å²) in [5, 5.41) is 0. The first-order valence-electron chi connectivity index (χ1n) is 3.75. The van der Waals surface area contributed by atoms with Crippen LogP contribution in [0, 0.1) is 5.92 Å². The van der Waals surface area contributed by atoms with Gasteiger partial charge in [0.2, 0.25) is 0 Å². The zero-order chi connectivity index (χ0) is 7.89. The van der Waals surface area contributed by atoms with Gasteiger partial charge in [0.25, 0.3) is 0 Å². The maximum atomic E-state index is 2.20. The van der Waals surface area contributed by atoms with Gasteiger partial charge in [0.05, 0.1) is 0 Å². The standard InChI is InChI=1S/C10H15.In.3H/c1-6-7(2)9(4)10(5)8(6)3;;;;/h1-5H3;;;;. The molecule has 0 atom stereocenters. The third-order valence-electron chi connectivity index (χ3n) is 2.81. The Balaban J connectivity index is 0.000001000. The van der Waals surface area contributed by atoms with Gasteiger partial charge in [0.15, 0.2) is 0 Å². The molecule has 0 aromatic carbocycles. The van der Waals surface area contributed by atoms with E-state index in [4.69, 9.17) is 0 Å². The molecule has 1 radical (unpaired) electrons. The summed E-state index contributed by atoms with van der Waals surface area (Å²) in [6.45, 7) is 11.0. The van der Waals surface area contributed by atoms with Crippen LogP contribution in [-0.4, -0.2) is 25.8 Å². The van der Waals surface area contributed by atoms with Crippen LogP contribution in [0.1, 0.15) is 34.6 Å². The summed E-state index contributed by atoms with van der Waals surface area (Å²) in [6, 6.07) is 0. The van der Waals surface area contributed by atoms with E-state index in [1.165, 1.54) is 28.2 Å². The van der Waals surface area contributed by atoms with Gasteiger partial charge in [-0.1, -0.05) is 18.1 Å². The Morgan fingerprint density at radius 3 is 0.909 bits per heavy atom. The van der Waals surface area contributed by atoms with E-state index < -0.39 is 0 Å². The Kier molecular flexibility index (Phi) is 3.96. The van der Waals surface area contributed by atoms with Crippen LogP contribution in [-0.2, 0) is 0 Å². The number of rotatable bonds is 0. The SMILES string of the molecule is C[C]1C(C)=C(C)C(C)=C1C.[InH3]. The minimum absolute atomic E-state index is 0. The molecule has 11 heavy (non-hydrogen) atoms. The Hall–Kier alpha value is 0.350. The Morgan fingerprint density at radius 1 is 0.545 bits per heavy atom. The predicted molar refractivity (Wildman–Crippen MR) is 55.6 cm³/mol. The average molecular weight is 253 g/mol. The van der Waals surface area contributed by atoms with E-state index in [1.807, 2.05) is 0 Å². The fourth-order valence-electron chi connectivity index (χ4n) is 1.41. The second-order valence-electron chi connectivity index (χ2n) is 3.12. The molecule has 0 spiro atoms. The van der Waals surface area contributed by atoms with Crippen LogP contribution in [0.15, 0.2) is 22.3 Å². The normalized spacial score (nSPS) is 19.4. The van der Waals surface area contributed by atoms with Crippen molar-refractivity contribution in [3.63, 3.8) is 0 Å². The van der Waals surface area contributed by atoms with Gasteiger partial charge >= 0.3 is 25.8 Å². The third kappa shape index (κ3) is 1.74. The predicted octanol–water partition coefficient (Wildman–Crippen LogP) is 2.08. The molecule has 0 heterocycles. The monoisotopic (exact) mass is 253 g/mol. The van der Waals surface area contributed by atoms with Gasteiger partial charge in [-0.25, -0.2) is 0 Å². The first-order chi connectivity index (χ1) is 4.55. The Labute approximate surface area is 88.5 Å². The van der Waals surface area contributed by atoms with Crippen molar-refractivity contribution in [2.75, 3.05) is 0 Å². The molecule has 0 bridgehead atoms. The molecule has 0 fully saturated rings. The summed E-state index contributed by atoms with van der Waals surface area (Å²) in [7, 11) is 0. The minimum atomic E-state index is 0. The topological polar surface area (TPSA) is 0 Å². The summed E-state index contributed by atoms with van der Waals surface area (Å²) in [4.78, 5) is 0. The van der Waals surface area contributed by atoms with Crippen molar-refractivity contribution in [3.8, 4) is 0 Å². The molecule has 0 N–H and O–H groups in total. The van der Waals surface area contributed by atoms with Crippen molar-refractivity contribution in [1.82, 2.24) is 0 Å². The van der Waals surface area contributed by atoms with Crippen LogP contribution in [0.3, 0.4) is 0 Å². The zero-order valence-electron chi connectivity index (χ0n) is 7.50. The van der Waals surface area contributed by atoms with Crippen molar-refractivity contribution < 1.29 is 0 Å². The van der Waals surface area contributed by atoms with E-state index in [9.17, 15) is 0 Å². The molecular formula is C10H18In. The van der Waals surface area contributed by atoms with E-state index >= 15 is 0 Å². The first-order valence-corrected chi connectivity index (χ1v) is 3.75. The fraction of sp³-hybridized carbons (Fsp3) is 0.500. The van der Waals surface area contributed by atoms with Crippen LogP contribution in [0.4, 0.5) is 0 Å². The molecule has 0 amide bonds. The van der Waals surface area contributed by atoms with E-state index in [-0.39, 0.29) is 25.8 Å². The number of allylic oxidation sites excluding steroid dienone is 4. The molecule has 0 aromatic rings. The van der Waals surface area contributed by atoms with Gasteiger partial charge in [-0.05, 0) is 38.8 Å². The molecule has 0 aliphatic heterocycles. The molecule has 1 heteroatoms. The van der Waals surface area contributed by atoms with Crippen LogP contribution >= 0.6 is 0 Å². The summed E-state index contributed by atoms with van der Waals surface area (Å²) in [5.74, 6) is 1.47. The quantitative estimate of drug-likeness (QED) is 0.620. The van der Waals surface area contributed by atoms with Crippen LogP contribution in [0.25, 0.3) is 0 Å². The summed E-state index contributed by atoms with van der Waals surface area (Å²) in [6.07, 6.45) is 0. The second kappa shape index (κ2) is 3.84. The van der Waals surface area contributed by atoms with Crippen LogP contribution in [0.2, 0.25) is 0 Å². The Morgan fingerprint density at radius 2 is 0.818 bits per heavy atom. The van der Waals surface area contributed by atoms with E-state index in [0.29, 0.717) is 0 Å². The zero-order valence-corrected chi connectivity index (χ0v) is 7.50. The summed E-state index contributed by atoms with van der Waals surface area (Å²) < 4.78 is 0. The molecule has 0 aromatic heterocycles. The van der Waals surface area contributed by atoms with Crippen molar-refractivity contribution in [2.45, 2.75) is 34.6 Å². The molecule has 1 aliphatic carbocycles. The van der Waals surface area contributed by atoms with Crippen molar-refractivity contribution >= 4 is 25.8 Å². The van der Waals surface area contributed by atoms with Gasteiger partial charge in [0, 0.05) is 5.92 Å².